The number of nitrogens with one attached hydrogen (secondary N) is 1. The van der Waals surface area contributed by atoms with E-state index in [2.05, 4.69) is 26.7 Å². The van der Waals surface area contributed by atoms with E-state index >= 15 is 0 Å². The van der Waals surface area contributed by atoms with Crippen LogP contribution in [-0.2, 0) is 11.2 Å². The zero-order valence-corrected chi connectivity index (χ0v) is 12.2. The van der Waals surface area contributed by atoms with Gasteiger partial charge in [-0.25, -0.2) is 0 Å². The normalized spacial score (nSPS) is 13.3. The number of carbonyl (C=O) groups is 1. The lowest BCUT2D eigenvalue weighted by molar-refractivity contribution is -0.142. The molecule has 2 atom stereocenters. The molecule has 2 N–H and O–H groups in total. The van der Waals surface area contributed by atoms with Crippen molar-refractivity contribution in [1.29, 1.82) is 5.26 Å². The van der Waals surface area contributed by atoms with Crippen molar-refractivity contribution < 1.29 is 9.90 Å². The quantitative estimate of drug-likeness (QED) is 0.806. The first kappa shape index (κ1) is 15.6. The highest BCUT2D eigenvalue weighted by Gasteiger charge is 2.32. The molecule has 0 aliphatic rings. The molecule has 0 aliphatic heterocycles. The van der Waals surface area contributed by atoms with Crippen molar-refractivity contribution in [1.82, 2.24) is 20.6 Å². The molecule has 114 valence electrons. The largest absolute Gasteiger partial charge is 0.481 e. The molecular weight excluding hydrogens is 282 g/mol. The number of carboxylic acids is 1. The van der Waals surface area contributed by atoms with Gasteiger partial charge in [-0.1, -0.05) is 36.8 Å². The molecule has 0 unspecified atom stereocenters. The lowest BCUT2D eigenvalue weighted by Crippen LogP contribution is -2.25. The molecule has 2 aromatic rings. The van der Waals surface area contributed by atoms with Crippen LogP contribution in [0.3, 0.4) is 0 Å². The molecule has 0 saturated heterocycles. The Hall–Kier alpha value is -2.75. The highest BCUT2D eigenvalue weighted by molar-refractivity contribution is 5.71. The Balaban J connectivity index is 2.37. The van der Waals surface area contributed by atoms with Gasteiger partial charge in [-0.15, -0.1) is 10.2 Å². The van der Waals surface area contributed by atoms with Crippen molar-refractivity contribution >= 4 is 5.97 Å². The Morgan fingerprint density at radius 2 is 2.23 bits per heavy atom. The summed E-state index contributed by atoms with van der Waals surface area (Å²) in [6.07, 6.45) is 1.65. The second-order valence-electron chi connectivity index (χ2n) is 5.08. The molecule has 7 heteroatoms. The first-order valence-electron chi connectivity index (χ1n) is 7.11. The fourth-order valence-electron chi connectivity index (χ4n) is 2.59. The van der Waals surface area contributed by atoms with E-state index in [4.69, 9.17) is 0 Å². The summed E-state index contributed by atoms with van der Waals surface area (Å²) in [5.74, 6) is -1.56. The Kier molecular flexibility index (Phi) is 5.20. The van der Waals surface area contributed by atoms with Crippen molar-refractivity contribution in [3.63, 3.8) is 0 Å². The summed E-state index contributed by atoms with van der Waals surface area (Å²) >= 11 is 0. The van der Waals surface area contributed by atoms with E-state index in [1.807, 2.05) is 19.1 Å². The van der Waals surface area contributed by atoms with E-state index in [-0.39, 0.29) is 0 Å². The molecule has 0 aliphatic carbocycles. The molecule has 0 spiro atoms. The van der Waals surface area contributed by atoms with Gasteiger partial charge in [0.05, 0.1) is 17.6 Å². The fraction of sp³-hybridized carbons (Fsp3) is 0.400. The molecule has 0 amide bonds. The second kappa shape index (κ2) is 7.31. The fourth-order valence-corrected chi connectivity index (χ4v) is 2.59. The predicted molar refractivity (Wildman–Crippen MR) is 77.8 cm³/mol. The third kappa shape index (κ3) is 3.47. The predicted octanol–water partition coefficient (Wildman–Crippen LogP) is 1.90. The zero-order chi connectivity index (χ0) is 15.9. The van der Waals surface area contributed by atoms with Gasteiger partial charge >= 0.3 is 5.97 Å². The number of hydrogen-bond donors (Lipinski definition) is 2. The van der Waals surface area contributed by atoms with Crippen molar-refractivity contribution in [3.05, 3.63) is 41.2 Å². The number of nitriles is 1. The van der Waals surface area contributed by atoms with Gasteiger partial charge < -0.3 is 5.11 Å². The maximum absolute atomic E-state index is 11.6. The highest BCUT2D eigenvalue weighted by atomic mass is 16.4. The number of hydrogen-bond acceptors (Lipinski definition) is 5. The number of nitrogens with zero attached hydrogens (tertiary/aromatic N) is 4. The smallest absolute Gasteiger partial charge is 0.307 e. The van der Waals surface area contributed by atoms with Crippen LogP contribution in [0.2, 0.25) is 0 Å². The SMILES string of the molecule is CCC[C@H](C(=O)O)[C@H](Cc1ccccc1C#N)c1nn[nH]n1. The number of aromatic nitrogens is 4. The Morgan fingerprint density at radius 3 is 2.82 bits per heavy atom. The minimum Gasteiger partial charge on any atom is -0.481 e. The average molecular weight is 299 g/mol. The molecule has 1 aromatic carbocycles. The van der Waals surface area contributed by atoms with Crippen molar-refractivity contribution in [2.45, 2.75) is 32.1 Å². The molecule has 0 fully saturated rings. The van der Waals surface area contributed by atoms with Crippen LogP contribution in [0.5, 0.6) is 0 Å². The van der Waals surface area contributed by atoms with Gasteiger partial charge in [0.2, 0.25) is 0 Å². The summed E-state index contributed by atoms with van der Waals surface area (Å²) in [6.45, 7) is 1.94. The number of tetrazole rings is 1. The Morgan fingerprint density at radius 1 is 1.45 bits per heavy atom. The molecule has 0 saturated carbocycles. The number of benzene rings is 1. The standard InChI is InChI=1S/C15H17N5O2/c1-2-5-12(15(21)22)13(14-17-19-20-18-14)8-10-6-3-4-7-11(10)9-16/h3-4,6-7,12-13H,2,5,8H2,1H3,(H,21,22)(H,17,18,19,20)/t12-,13-/m0/s1. The second-order valence-corrected chi connectivity index (χ2v) is 5.08. The third-order valence-corrected chi connectivity index (χ3v) is 3.67. The lowest BCUT2D eigenvalue weighted by atomic mass is 9.82. The summed E-state index contributed by atoms with van der Waals surface area (Å²) in [5, 5.41) is 32.6. The molecule has 2 rings (SSSR count). The first-order chi connectivity index (χ1) is 10.7. The molecular formula is C15H17N5O2. The molecule has 1 heterocycles. The van der Waals surface area contributed by atoms with E-state index in [9.17, 15) is 15.2 Å². The van der Waals surface area contributed by atoms with Gasteiger partial charge in [-0.3, -0.25) is 4.79 Å². The molecule has 7 nitrogen and oxygen atoms in total. The number of aromatic amines is 1. The van der Waals surface area contributed by atoms with E-state index in [0.717, 1.165) is 12.0 Å². The summed E-state index contributed by atoms with van der Waals surface area (Å²) in [5.41, 5.74) is 1.33. The topological polar surface area (TPSA) is 116 Å². The van der Waals surface area contributed by atoms with E-state index < -0.39 is 17.8 Å². The lowest BCUT2D eigenvalue weighted by Gasteiger charge is -2.21. The van der Waals surface area contributed by atoms with Gasteiger partial charge in [-0.05, 0) is 24.5 Å². The minimum atomic E-state index is -0.883. The first-order valence-corrected chi connectivity index (χ1v) is 7.11. The number of aliphatic carboxylic acids is 1. The van der Waals surface area contributed by atoms with E-state index in [1.165, 1.54) is 0 Å². The minimum absolute atomic E-state index is 0.369. The van der Waals surface area contributed by atoms with E-state index in [1.54, 1.807) is 12.1 Å². The van der Waals surface area contributed by atoms with Crippen LogP contribution in [0, 0.1) is 17.2 Å². The molecule has 0 radical (unpaired) electrons. The maximum Gasteiger partial charge on any atom is 0.307 e. The van der Waals surface area contributed by atoms with Crippen molar-refractivity contribution in [2.24, 2.45) is 5.92 Å². The van der Waals surface area contributed by atoms with Gasteiger partial charge in [-0.2, -0.15) is 10.5 Å². The van der Waals surface area contributed by atoms with Gasteiger partial charge in [0.15, 0.2) is 5.82 Å². The number of H-pyrrole nitrogens is 1. The molecule has 0 bridgehead atoms. The van der Waals surface area contributed by atoms with Crippen LogP contribution in [0.1, 0.15) is 42.6 Å². The van der Waals surface area contributed by atoms with Gasteiger partial charge in [0.25, 0.3) is 0 Å². The van der Waals surface area contributed by atoms with E-state index in [0.29, 0.717) is 24.2 Å². The Bertz CT molecular complexity index is 663. The van der Waals surface area contributed by atoms with Gasteiger partial charge in [0.1, 0.15) is 0 Å². The van der Waals surface area contributed by atoms with Crippen LogP contribution in [-0.4, -0.2) is 31.7 Å². The average Bonchev–Trinajstić information content (AvgIpc) is 3.05. The summed E-state index contributed by atoms with van der Waals surface area (Å²) in [6, 6.07) is 9.30. The van der Waals surface area contributed by atoms with Crippen LogP contribution in [0.4, 0.5) is 0 Å². The van der Waals surface area contributed by atoms with Gasteiger partial charge in [0, 0.05) is 5.92 Å². The van der Waals surface area contributed by atoms with Crippen LogP contribution < -0.4 is 0 Å². The summed E-state index contributed by atoms with van der Waals surface area (Å²) in [7, 11) is 0. The maximum atomic E-state index is 11.6. The summed E-state index contributed by atoms with van der Waals surface area (Å²) < 4.78 is 0. The van der Waals surface area contributed by atoms with Crippen LogP contribution in [0.15, 0.2) is 24.3 Å². The monoisotopic (exact) mass is 299 g/mol. The van der Waals surface area contributed by atoms with Crippen LogP contribution in [0.25, 0.3) is 0 Å². The van der Waals surface area contributed by atoms with Crippen LogP contribution >= 0.6 is 0 Å². The number of carboxylic acid groups (broad SMARTS) is 1. The Labute approximate surface area is 128 Å². The highest BCUT2D eigenvalue weighted by Crippen LogP contribution is 2.30. The molecule has 1 aromatic heterocycles. The third-order valence-electron chi connectivity index (χ3n) is 3.67. The van der Waals surface area contributed by atoms with Crippen molar-refractivity contribution in [2.75, 3.05) is 0 Å². The zero-order valence-electron chi connectivity index (χ0n) is 12.2. The molecule has 22 heavy (non-hydrogen) atoms. The number of rotatable bonds is 7. The summed E-state index contributed by atoms with van der Waals surface area (Å²) in [4.78, 5) is 11.6. The van der Waals surface area contributed by atoms with Crippen molar-refractivity contribution in [3.8, 4) is 6.07 Å².